The second kappa shape index (κ2) is 5.06. The Balaban J connectivity index is 1.36. The summed E-state index contributed by atoms with van der Waals surface area (Å²) in [6, 6.07) is 8.90. The number of rotatable bonds is 2. The van der Waals surface area contributed by atoms with Crippen LogP contribution in [0.3, 0.4) is 0 Å². The molecule has 0 radical (unpaired) electrons. The molecule has 0 unspecified atom stereocenters. The zero-order chi connectivity index (χ0) is 15.2. The average molecular weight is 324 g/mol. The van der Waals surface area contributed by atoms with Gasteiger partial charge in [-0.3, -0.25) is 4.68 Å². The van der Waals surface area contributed by atoms with Crippen molar-refractivity contribution in [3.8, 4) is 0 Å². The number of nitrogens with zero attached hydrogens (tertiary/aromatic N) is 6. The van der Waals surface area contributed by atoms with E-state index in [1.807, 2.05) is 16.9 Å². The predicted molar refractivity (Wildman–Crippen MR) is 91.1 cm³/mol. The van der Waals surface area contributed by atoms with Crippen molar-refractivity contribution in [2.45, 2.75) is 18.9 Å². The molecule has 6 nitrogen and oxygen atoms in total. The summed E-state index contributed by atoms with van der Waals surface area (Å²) in [7, 11) is 0. The first-order chi connectivity index (χ1) is 11.4. The third-order valence-electron chi connectivity index (χ3n) is 4.55. The van der Waals surface area contributed by atoms with Crippen LogP contribution >= 0.6 is 11.3 Å². The molecular formula is C16H16N6S. The maximum atomic E-state index is 4.61. The standard InChI is InChI=1S/C16H16N6S/c1-2-4-14-12(3-1)11-18-22(14)13-5-8-20(9-6-13)16-19-21-10-7-17-15(21)23-16/h1-4,7,10-11,13H,5-6,8-9H2. The van der Waals surface area contributed by atoms with Gasteiger partial charge in [-0.2, -0.15) is 5.10 Å². The Morgan fingerprint density at radius 2 is 2.00 bits per heavy atom. The highest BCUT2D eigenvalue weighted by molar-refractivity contribution is 7.20. The first kappa shape index (κ1) is 13.1. The zero-order valence-corrected chi connectivity index (χ0v) is 13.4. The molecule has 1 saturated heterocycles. The number of para-hydroxylation sites is 1. The molecule has 0 N–H and O–H groups in total. The van der Waals surface area contributed by atoms with E-state index in [4.69, 9.17) is 0 Å². The van der Waals surface area contributed by atoms with E-state index in [0.717, 1.165) is 36.0 Å². The first-order valence-corrected chi connectivity index (χ1v) is 8.67. The summed E-state index contributed by atoms with van der Waals surface area (Å²) < 4.78 is 4.05. The minimum absolute atomic E-state index is 0.468. The van der Waals surface area contributed by atoms with Crippen LogP contribution < -0.4 is 4.90 Å². The van der Waals surface area contributed by atoms with Gasteiger partial charge in [-0.05, 0) is 18.9 Å². The van der Waals surface area contributed by atoms with Crippen molar-refractivity contribution in [3.05, 3.63) is 42.9 Å². The minimum atomic E-state index is 0.468. The van der Waals surface area contributed by atoms with Crippen LogP contribution in [0.1, 0.15) is 18.9 Å². The smallest absolute Gasteiger partial charge is 0.213 e. The van der Waals surface area contributed by atoms with E-state index < -0.39 is 0 Å². The Labute approximate surface area is 137 Å². The molecule has 0 saturated carbocycles. The van der Waals surface area contributed by atoms with Gasteiger partial charge in [0.15, 0.2) is 0 Å². The van der Waals surface area contributed by atoms with Crippen molar-refractivity contribution < 1.29 is 0 Å². The summed E-state index contributed by atoms with van der Waals surface area (Å²) in [4.78, 5) is 7.62. The van der Waals surface area contributed by atoms with Gasteiger partial charge >= 0.3 is 0 Å². The Kier molecular flexibility index (Phi) is 2.87. The lowest BCUT2D eigenvalue weighted by Crippen LogP contribution is -2.34. The number of aromatic nitrogens is 5. The van der Waals surface area contributed by atoms with Gasteiger partial charge in [0.05, 0.1) is 24.0 Å². The normalized spacial score (nSPS) is 16.6. The van der Waals surface area contributed by atoms with E-state index in [0.29, 0.717) is 6.04 Å². The summed E-state index contributed by atoms with van der Waals surface area (Å²) in [6.45, 7) is 2.02. The third kappa shape index (κ3) is 2.11. The van der Waals surface area contributed by atoms with Gasteiger partial charge < -0.3 is 4.90 Å². The van der Waals surface area contributed by atoms with E-state index in [1.165, 1.54) is 10.9 Å². The molecule has 23 heavy (non-hydrogen) atoms. The molecule has 0 atom stereocenters. The van der Waals surface area contributed by atoms with Gasteiger partial charge in [0, 0.05) is 24.7 Å². The summed E-state index contributed by atoms with van der Waals surface area (Å²) in [5.41, 5.74) is 1.23. The Bertz CT molecular complexity index is 931. The van der Waals surface area contributed by atoms with Gasteiger partial charge in [-0.1, -0.05) is 29.5 Å². The van der Waals surface area contributed by atoms with E-state index in [1.54, 1.807) is 17.5 Å². The molecule has 0 bridgehead atoms. The molecule has 0 spiro atoms. The van der Waals surface area contributed by atoms with Crippen LogP contribution in [0.25, 0.3) is 15.9 Å². The monoisotopic (exact) mass is 324 g/mol. The summed E-state index contributed by atoms with van der Waals surface area (Å²) in [6.07, 6.45) is 7.84. The van der Waals surface area contributed by atoms with Crippen molar-refractivity contribution in [3.63, 3.8) is 0 Å². The first-order valence-electron chi connectivity index (χ1n) is 7.86. The molecule has 5 rings (SSSR count). The third-order valence-corrected chi connectivity index (χ3v) is 5.55. The number of imidazole rings is 1. The molecule has 4 aromatic rings. The van der Waals surface area contributed by atoms with Crippen molar-refractivity contribution in [2.24, 2.45) is 0 Å². The molecule has 0 aliphatic carbocycles. The lowest BCUT2D eigenvalue weighted by Gasteiger charge is -2.31. The number of fused-ring (bicyclic) bond motifs is 2. The average Bonchev–Trinajstić information content (AvgIpc) is 3.29. The molecule has 3 aromatic heterocycles. The van der Waals surface area contributed by atoms with Crippen molar-refractivity contribution in [2.75, 3.05) is 18.0 Å². The molecule has 7 heteroatoms. The molecule has 1 aliphatic heterocycles. The van der Waals surface area contributed by atoms with E-state index in [-0.39, 0.29) is 0 Å². The number of hydrogen-bond donors (Lipinski definition) is 0. The quantitative estimate of drug-likeness (QED) is 0.569. The molecule has 4 heterocycles. The van der Waals surface area contributed by atoms with Crippen LogP contribution in [0.15, 0.2) is 42.9 Å². The highest BCUT2D eigenvalue weighted by Gasteiger charge is 2.24. The lowest BCUT2D eigenvalue weighted by atomic mass is 10.1. The summed E-state index contributed by atoms with van der Waals surface area (Å²) in [5.74, 6) is 0. The number of piperidine rings is 1. The minimum Gasteiger partial charge on any atom is -0.347 e. The van der Waals surface area contributed by atoms with Crippen molar-refractivity contribution in [1.82, 2.24) is 24.4 Å². The molecule has 116 valence electrons. The van der Waals surface area contributed by atoms with Crippen molar-refractivity contribution in [1.29, 1.82) is 0 Å². The number of anilines is 1. The number of hydrogen-bond acceptors (Lipinski definition) is 5. The van der Waals surface area contributed by atoms with Crippen LogP contribution in [0.5, 0.6) is 0 Å². The Morgan fingerprint density at radius 3 is 2.87 bits per heavy atom. The molecular weight excluding hydrogens is 308 g/mol. The second-order valence-electron chi connectivity index (χ2n) is 5.91. The zero-order valence-electron chi connectivity index (χ0n) is 12.5. The van der Waals surface area contributed by atoms with Crippen LogP contribution in [-0.2, 0) is 0 Å². The fourth-order valence-corrected chi connectivity index (χ4v) is 4.25. The maximum absolute atomic E-state index is 4.61. The Morgan fingerprint density at radius 1 is 1.13 bits per heavy atom. The Hall–Kier alpha value is -2.41. The molecule has 1 fully saturated rings. The van der Waals surface area contributed by atoms with Gasteiger partial charge in [0.2, 0.25) is 10.1 Å². The fraction of sp³-hybridized carbons (Fsp3) is 0.312. The van der Waals surface area contributed by atoms with Gasteiger partial charge in [0.1, 0.15) is 0 Å². The van der Waals surface area contributed by atoms with Crippen molar-refractivity contribution >= 4 is 32.3 Å². The van der Waals surface area contributed by atoms with E-state index in [2.05, 4.69) is 49.0 Å². The largest absolute Gasteiger partial charge is 0.347 e. The van der Waals surface area contributed by atoms with Crippen LogP contribution in [0.2, 0.25) is 0 Å². The van der Waals surface area contributed by atoms with Crippen LogP contribution in [0, 0.1) is 0 Å². The SMILES string of the molecule is c1ccc2c(c1)cnn2C1CCN(c2nn3ccnc3s2)CC1. The molecule has 1 aromatic carbocycles. The van der Waals surface area contributed by atoms with Crippen LogP contribution in [0.4, 0.5) is 5.13 Å². The molecule has 0 amide bonds. The highest BCUT2D eigenvalue weighted by atomic mass is 32.1. The fourth-order valence-electron chi connectivity index (χ4n) is 3.34. The van der Waals surface area contributed by atoms with Gasteiger partial charge in [-0.25, -0.2) is 9.50 Å². The summed E-state index contributed by atoms with van der Waals surface area (Å²) >= 11 is 1.66. The molecule has 1 aliphatic rings. The van der Waals surface area contributed by atoms with Gasteiger partial charge in [-0.15, -0.1) is 5.10 Å². The van der Waals surface area contributed by atoms with E-state index in [9.17, 15) is 0 Å². The predicted octanol–water partition coefficient (Wildman–Crippen LogP) is 2.98. The maximum Gasteiger partial charge on any atom is 0.213 e. The second-order valence-corrected chi connectivity index (χ2v) is 6.84. The van der Waals surface area contributed by atoms with Gasteiger partial charge in [0.25, 0.3) is 0 Å². The number of benzene rings is 1. The highest BCUT2D eigenvalue weighted by Crippen LogP contribution is 2.30. The summed E-state index contributed by atoms with van der Waals surface area (Å²) in [5, 5.41) is 11.5. The van der Waals surface area contributed by atoms with E-state index >= 15 is 0 Å². The lowest BCUT2D eigenvalue weighted by molar-refractivity contribution is 0.375. The van der Waals surface area contributed by atoms with Crippen LogP contribution in [-0.4, -0.2) is 37.5 Å². The topological polar surface area (TPSA) is 51.2 Å².